The van der Waals surface area contributed by atoms with Gasteiger partial charge in [-0.1, -0.05) is 57.9 Å². The standard InChI is InChI=1S/C28H30BrClN2O4S/c1-31(19-22-6-3-2-4-7-22)27(33)18-28(21-36-25-12-10-24(30)11-13-25)16-5-17-32(20-28)37(34,35)26-14-8-23(29)9-15-26/h2-4,6-15H,5,16-21H2,1H3/t28-/m1/s1. The lowest BCUT2D eigenvalue weighted by Gasteiger charge is -2.42. The summed E-state index contributed by atoms with van der Waals surface area (Å²) in [7, 11) is -1.95. The number of rotatable bonds is 9. The quantitative estimate of drug-likeness (QED) is 0.300. The highest BCUT2D eigenvalue weighted by molar-refractivity contribution is 9.10. The summed E-state index contributed by atoms with van der Waals surface area (Å²) in [6.07, 6.45) is 1.49. The molecule has 3 aromatic carbocycles. The largest absolute Gasteiger partial charge is 0.493 e. The fraction of sp³-hybridized carbons (Fsp3) is 0.321. The number of amides is 1. The van der Waals surface area contributed by atoms with Gasteiger partial charge in [0.2, 0.25) is 15.9 Å². The summed E-state index contributed by atoms with van der Waals surface area (Å²) >= 11 is 9.38. The third-order valence-corrected chi connectivity index (χ3v) is 9.29. The van der Waals surface area contributed by atoms with Gasteiger partial charge in [-0.3, -0.25) is 4.79 Å². The van der Waals surface area contributed by atoms with E-state index in [4.69, 9.17) is 16.3 Å². The smallest absolute Gasteiger partial charge is 0.243 e. The Bertz CT molecular complexity index is 1300. The van der Waals surface area contributed by atoms with Crippen LogP contribution in [0.3, 0.4) is 0 Å². The molecule has 0 N–H and O–H groups in total. The highest BCUT2D eigenvalue weighted by Gasteiger charge is 2.43. The molecule has 0 saturated carbocycles. The lowest BCUT2D eigenvalue weighted by molar-refractivity contribution is -0.134. The minimum absolute atomic E-state index is 0.0496. The monoisotopic (exact) mass is 604 g/mol. The van der Waals surface area contributed by atoms with Crippen LogP contribution in [-0.4, -0.2) is 50.3 Å². The van der Waals surface area contributed by atoms with E-state index in [-0.39, 0.29) is 30.4 Å². The van der Waals surface area contributed by atoms with Gasteiger partial charge in [-0.25, -0.2) is 8.42 Å². The molecule has 0 bridgehead atoms. The lowest BCUT2D eigenvalue weighted by atomic mass is 9.78. The first kappa shape index (κ1) is 27.6. The molecule has 0 aliphatic carbocycles. The van der Waals surface area contributed by atoms with E-state index in [2.05, 4.69) is 15.9 Å². The van der Waals surface area contributed by atoms with Crippen LogP contribution >= 0.6 is 27.5 Å². The number of piperidine rings is 1. The molecule has 3 aromatic rings. The van der Waals surface area contributed by atoms with Crippen molar-refractivity contribution in [3.05, 3.63) is 93.9 Å². The molecule has 1 fully saturated rings. The molecule has 1 amide bonds. The van der Waals surface area contributed by atoms with Crippen LogP contribution in [0, 0.1) is 5.41 Å². The maximum Gasteiger partial charge on any atom is 0.243 e. The third kappa shape index (κ3) is 7.13. The van der Waals surface area contributed by atoms with Crippen molar-refractivity contribution in [2.75, 3.05) is 26.7 Å². The van der Waals surface area contributed by atoms with Crippen molar-refractivity contribution in [2.24, 2.45) is 5.41 Å². The molecule has 37 heavy (non-hydrogen) atoms. The molecule has 1 heterocycles. The number of halogens is 2. The number of benzene rings is 3. The molecule has 6 nitrogen and oxygen atoms in total. The van der Waals surface area contributed by atoms with E-state index < -0.39 is 15.4 Å². The van der Waals surface area contributed by atoms with Crippen LogP contribution in [0.1, 0.15) is 24.8 Å². The van der Waals surface area contributed by atoms with Crippen LogP contribution in [-0.2, 0) is 21.4 Å². The van der Waals surface area contributed by atoms with E-state index >= 15 is 0 Å². The van der Waals surface area contributed by atoms with Gasteiger partial charge in [0.15, 0.2) is 0 Å². The molecule has 1 saturated heterocycles. The Balaban J connectivity index is 1.56. The second kappa shape index (κ2) is 12.0. The van der Waals surface area contributed by atoms with Gasteiger partial charge in [0.05, 0.1) is 11.5 Å². The van der Waals surface area contributed by atoms with Gasteiger partial charge in [0.1, 0.15) is 5.75 Å². The Morgan fingerprint density at radius 3 is 2.41 bits per heavy atom. The number of hydrogen-bond donors (Lipinski definition) is 0. The summed E-state index contributed by atoms with van der Waals surface area (Å²) in [5, 5.41) is 0.601. The number of sulfonamides is 1. The van der Waals surface area contributed by atoms with Crippen LogP contribution < -0.4 is 4.74 Å². The number of carbonyl (C=O) groups excluding carboxylic acids is 1. The van der Waals surface area contributed by atoms with Crippen molar-refractivity contribution < 1.29 is 17.9 Å². The van der Waals surface area contributed by atoms with Crippen molar-refractivity contribution >= 4 is 43.5 Å². The predicted molar refractivity (Wildman–Crippen MR) is 149 cm³/mol. The highest BCUT2D eigenvalue weighted by Crippen LogP contribution is 2.37. The van der Waals surface area contributed by atoms with E-state index in [0.717, 1.165) is 10.0 Å². The van der Waals surface area contributed by atoms with Gasteiger partial charge in [-0.2, -0.15) is 4.31 Å². The molecule has 1 aliphatic rings. The molecule has 0 aromatic heterocycles. The molecular formula is C28H30BrClN2O4S. The summed E-state index contributed by atoms with van der Waals surface area (Å²) in [5.41, 5.74) is 0.357. The Hall–Kier alpha value is -2.39. The molecule has 1 atom stereocenters. The number of carbonyl (C=O) groups is 1. The van der Waals surface area contributed by atoms with Gasteiger partial charge < -0.3 is 9.64 Å². The first-order valence-corrected chi connectivity index (χ1v) is 14.7. The van der Waals surface area contributed by atoms with Crippen molar-refractivity contribution in [1.29, 1.82) is 0 Å². The summed E-state index contributed by atoms with van der Waals surface area (Å²) in [6, 6.07) is 23.5. The lowest BCUT2D eigenvalue weighted by Crippen LogP contribution is -2.50. The Morgan fingerprint density at radius 1 is 1.05 bits per heavy atom. The Labute approximate surface area is 232 Å². The summed E-state index contributed by atoms with van der Waals surface area (Å²) in [5.74, 6) is 0.577. The van der Waals surface area contributed by atoms with Crippen molar-refractivity contribution in [3.63, 3.8) is 0 Å². The van der Waals surface area contributed by atoms with Gasteiger partial charge in [-0.15, -0.1) is 0 Å². The van der Waals surface area contributed by atoms with Crippen LogP contribution in [0.15, 0.2) is 88.2 Å². The zero-order chi connectivity index (χ0) is 26.5. The zero-order valence-corrected chi connectivity index (χ0v) is 23.8. The topological polar surface area (TPSA) is 66.9 Å². The van der Waals surface area contributed by atoms with E-state index in [9.17, 15) is 13.2 Å². The molecule has 9 heteroatoms. The summed E-state index contributed by atoms with van der Waals surface area (Å²) in [4.78, 5) is 15.4. The first-order valence-electron chi connectivity index (χ1n) is 12.1. The minimum Gasteiger partial charge on any atom is -0.493 e. The van der Waals surface area contributed by atoms with Crippen LogP contribution in [0.5, 0.6) is 5.75 Å². The van der Waals surface area contributed by atoms with Crippen molar-refractivity contribution in [1.82, 2.24) is 9.21 Å². The zero-order valence-electron chi connectivity index (χ0n) is 20.6. The number of nitrogens with zero attached hydrogens (tertiary/aromatic N) is 2. The second-order valence-corrected chi connectivity index (χ2v) is 12.8. The minimum atomic E-state index is -3.73. The fourth-order valence-electron chi connectivity index (χ4n) is 4.61. The second-order valence-electron chi connectivity index (χ2n) is 9.55. The van der Waals surface area contributed by atoms with Gasteiger partial charge in [-0.05, 0) is 66.9 Å². The number of ether oxygens (including phenoxy) is 1. The summed E-state index contributed by atoms with van der Waals surface area (Å²) < 4.78 is 35.5. The van der Waals surface area contributed by atoms with Crippen LogP contribution in [0.25, 0.3) is 0 Å². The normalized spacial score (nSPS) is 18.4. The van der Waals surface area contributed by atoms with Gasteiger partial charge >= 0.3 is 0 Å². The van der Waals surface area contributed by atoms with Gasteiger partial charge in [0.25, 0.3) is 0 Å². The molecule has 4 rings (SSSR count). The Kier molecular flexibility index (Phi) is 8.95. The summed E-state index contributed by atoms with van der Waals surface area (Å²) in [6.45, 7) is 1.29. The Morgan fingerprint density at radius 2 is 1.73 bits per heavy atom. The first-order chi connectivity index (χ1) is 17.7. The predicted octanol–water partition coefficient (Wildman–Crippen LogP) is 6.00. The maximum absolute atomic E-state index is 13.5. The van der Waals surface area contributed by atoms with Crippen molar-refractivity contribution in [2.45, 2.75) is 30.7 Å². The average Bonchev–Trinajstić information content (AvgIpc) is 2.89. The molecule has 0 spiro atoms. The molecule has 196 valence electrons. The fourth-order valence-corrected chi connectivity index (χ4v) is 6.59. The van der Waals surface area contributed by atoms with Crippen molar-refractivity contribution in [3.8, 4) is 5.75 Å². The van der Waals surface area contributed by atoms with E-state index in [0.29, 0.717) is 36.7 Å². The number of hydrogen-bond acceptors (Lipinski definition) is 4. The average molecular weight is 606 g/mol. The van der Waals surface area contributed by atoms with E-state index in [1.54, 1.807) is 60.5 Å². The molecular weight excluding hydrogens is 576 g/mol. The SMILES string of the molecule is CN(Cc1ccccc1)C(=O)C[C@]1(COc2ccc(Cl)cc2)CCCN(S(=O)(=O)c2ccc(Br)cc2)C1. The van der Waals surface area contributed by atoms with E-state index in [1.807, 2.05) is 30.3 Å². The third-order valence-electron chi connectivity index (χ3n) is 6.65. The highest BCUT2D eigenvalue weighted by atomic mass is 79.9. The van der Waals surface area contributed by atoms with Crippen LogP contribution in [0.4, 0.5) is 0 Å². The van der Waals surface area contributed by atoms with Crippen LogP contribution in [0.2, 0.25) is 5.02 Å². The molecule has 0 radical (unpaired) electrons. The maximum atomic E-state index is 13.5. The van der Waals surface area contributed by atoms with Gasteiger partial charge in [0, 0.05) is 48.0 Å². The van der Waals surface area contributed by atoms with E-state index in [1.165, 1.54) is 4.31 Å². The molecule has 0 unspecified atom stereocenters. The molecule has 1 aliphatic heterocycles.